The maximum atomic E-state index is 13.2. The highest BCUT2D eigenvalue weighted by molar-refractivity contribution is 7.92. The van der Waals surface area contributed by atoms with Gasteiger partial charge >= 0.3 is 0 Å². The Labute approximate surface area is 204 Å². The van der Waals surface area contributed by atoms with Crippen LogP contribution in [0.2, 0.25) is 0 Å². The van der Waals surface area contributed by atoms with Gasteiger partial charge in [0, 0.05) is 25.6 Å². The van der Waals surface area contributed by atoms with Crippen LogP contribution in [-0.2, 0) is 26.0 Å². The molecule has 1 unspecified atom stereocenters. The lowest BCUT2D eigenvalue weighted by atomic mass is 10.1. The summed E-state index contributed by atoms with van der Waals surface area (Å²) in [5.74, 6) is -0.367. The summed E-state index contributed by atoms with van der Waals surface area (Å²) in [6.07, 6.45) is 2.29. The van der Waals surface area contributed by atoms with Gasteiger partial charge in [-0.2, -0.15) is 0 Å². The topological polar surface area (TPSA) is 86.8 Å². The molecule has 0 aliphatic heterocycles. The average Bonchev–Trinajstić information content (AvgIpc) is 2.76. The van der Waals surface area contributed by atoms with Gasteiger partial charge in [0.25, 0.3) is 0 Å². The standard InChI is InChI=1S/C26H37N3O4S/c1-20(2)27-26(31)22(4)28(18-16-23-12-7-6-8-13-23)25(30)15-10-17-29(34(5,32)33)24-14-9-11-21(3)19-24/h6-9,11-14,19-20,22H,10,15-18H2,1-5H3,(H,27,31). The number of benzene rings is 2. The molecule has 0 saturated heterocycles. The van der Waals surface area contributed by atoms with Crippen LogP contribution in [0.5, 0.6) is 0 Å². The van der Waals surface area contributed by atoms with Crippen LogP contribution in [0.1, 0.15) is 44.7 Å². The van der Waals surface area contributed by atoms with Crippen LogP contribution >= 0.6 is 0 Å². The van der Waals surface area contributed by atoms with Gasteiger partial charge in [-0.3, -0.25) is 13.9 Å². The molecule has 0 saturated carbocycles. The minimum atomic E-state index is -3.50. The number of nitrogens with one attached hydrogen (secondary N) is 1. The monoisotopic (exact) mass is 487 g/mol. The van der Waals surface area contributed by atoms with Crippen molar-refractivity contribution in [1.29, 1.82) is 0 Å². The maximum absolute atomic E-state index is 13.2. The number of anilines is 1. The van der Waals surface area contributed by atoms with Crippen molar-refractivity contribution in [3.05, 3.63) is 65.7 Å². The zero-order chi connectivity index (χ0) is 25.3. The maximum Gasteiger partial charge on any atom is 0.242 e. The molecular weight excluding hydrogens is 450 g/mol. The van der Waals surface area contributed by atoms with E-state index in [1.165, 1.54) is 10.6 Å². The number of nitrogens with zero attached hydrogens (tertiary/aromatic N) is 2. The highest BCUT2D eigenvalue weighted by atomic mass is 32.2. The lowest BCUT2D eigenvalue weighted by molar-refractivity contribution is -0.140. The molecular formula is C26H37N3O4S. The van der Waals surface area contributed by atoms with Crippen molar-refractivity contribution in [3.8, 4) is 0 Å². The first kappa shape index (κ1) is 27.4. The second kappa shape index (κ2) is 12.6. The van der Waals surface area contributed by atoms with Crippen molar-refractivity contribution < 1.29 is 18.0 Å². The molecule has 2 aromatic rings. The number of carbonyl (C=O) groups is 2. The van der Waals surface area contributed by atoms with E-state index in [0.717, 1.165) is 11.1 Å². The smallest absolute Gasteiger partial charge is 0.242 e. The number of rotatable bonds is 12. The van der Waals surface area contributed by atoms with E-state index < -0.39 is 16.1 Å². The Kier molecular flexibility index (Phi) is 10.1. The fourth-order valence-corrected chi connectivity index (χ4v) is 4.72. The molecule has 0 aromatic heterocycles. The highest BCUT2D eigenvalue weighted by Crippen LogP contribution is 2.20. The van der Waals surface area contributed by atoms with Gasteiger partial charge in [0.1, 0.15) is 6.04 Å². The SMILES string of the molecule is Cc1cccc(N(CCCC(=O)N(CCc2ccccc2)C(C)C(=O)NC(C)C)S(C)(=O)=O)c1. The van der Waals surface area contributed by atoms with Gasteiger partial charge in [-0.05, 0) is 63.8 Å². The molecule has 2 rings (SSSR count). The summed E-state index contributed by atoms with van der Waals surface area (Å²) in [6, 6.07) is 16.4. The average molecular weight is 488 g/mol. The van der Waals surface area contributed by atoms with E-state index in [1.807, 2.05) is 69.3 Å². The first-order chi connectivity index (χ1) is 16.0. The third kappa shape index (κ3) is 8.48. The number of aryl methyl sites for hydroxylation is 1. The van der Waals surface area contributed by atoms with Gasteiger partial charge in [0.15, 0.2) is 0 Å². The molecule has 1 atom stereocenters. The Bertz CT molecular complexity index is 1050. The zero-order valence-electron chi connectivity index (χ0n) is 20.8. The van der Waals surface area contributed by atoms with Crippen molar-refractivity contribution in [2.24, 2.45) is 0 Å². The van der Waals surface area contributed by atoms with Crippen LogP contribution in [-0.4, -0.2) is 56.6 Å². The van der Waals surface area contributed by atoms with Crippen molar-refractivity contribution in [3.63, 3.8) is 0 Å². The zero-order valence-corrected chi connectivity index (χ0v) is 21.6. The molecule has 186 valence electrons. The Morgan fingerprint density at radius 1 is 0.971 bits per heavy atom. The van der Waals surface area contributed by atoms with Crippen LogP contribution in [0.15, 0.2) is 54.6 Å². The summed E-state index contributed by atoms with van der Waals surface area (Å²) in [7, 11) is -3.50. The van der Waals surface area contributed by atoms with Gasteiger partial charge in [-0.15, -0.1) is 0 Å². The summed E-state index contributed by atoms with van der Waals surface area (Å²) in [5, 5.41) is 2.88. The van der Waals surface area contributed by atoms with Gasteiger partial charge < -0.3 is 10.2 Å². The van der Waals surface area contributed by atoms with Gasteiger partial charge in [0.2, 0.25) is 21.8 Å². The fourth-order valence-electron chi connectivity index (χ4n) is 3.76. The molecule has 0 fully saturated rings. The van der Waals surface area contributed by atoms with E-state index in [1.54, 1.807) is 17.9 Å². The lowest BCUT2D eigenvalue weighted by Gasteiger charge is -2.30. The van der Waals surface area contributed by atoms with Crippen molar-refractivity contribution in [2.75, 3.05) is 23.7 Å². The third-order valence-electron chi connectivity index (χ3n) is 5.52. The summed E-state index contributed by atoms with van der Waals surface area (Å²) < 4.78 is 26.1. The van der Waals surface area contributed by atoms with E-state index in [0.29, 0.717) is 25.1 Å². The lowest BCUT2D eigenvalue weighted by Crippen LogP contribution is -2.50. The minimum absolute atomic E-state index is 0.0290. The normalized spacial score (nSPS) is 12.3. The Hall–Kier alpha value is -2.87. The largest absolute Gasteiger partial charge is 0.352 e. The Morgan fingerprint density at radius 3 is 2.24 bits per heavy atom. The Morgan fingerprint density at radius 2 is 1.65 bits per heavy atom. The summed E-state index contributed by atoms with van der Waals surface area (Å²) in [5.41, 5.74) is 2.62. The first-order valence-electron chi connectivity index (χ1n) is 11.7. The van der Waals surface area contributed by atoms with E-state index >= 15 is 0 Å². The van der Waals surface area contributed by atoms with E-state index in [-0.39, 0.29) is 30.8 Å². The van der Waals surface area contributed by atoms with Gasteiger partial charge in [-0.25, -0.2) is 8.42 Å². The molecule has 0 bridgehead atoms. The van der Waals surface area contributed by atoms with Crippen LogP contribution in [0.4, 0.5) is 5.69 Å². The number of hydrogen-bond donors (Lipinski definition) is 1. The molecule has 0 heterocycles. The third-order valence-corrected chi connectivity index (χ3v) is 6.72. The molecule has 0 aliphatic carbocycles. The van der Waals surface area contributed by atoms with Crippen molar-refractivity contribution in [1.82, 2.24) is 10.2 Å². The van der Waals surface area contributed by atoms with Gasteiger partial charge in [-0.1, -0.05) is 42.5 Å². The van der Waals surface area contributed by atoms with E-state index in [4.69, 9.17) is 0 Å². The molecule has 8 heteroatoms. The second-order valence-electron chi connectivity index (χ2n) is 8.94. The molecule has 0 spiro atoms. The van der Waals surface area contributed by atoms with E-state index in [9.17, 15) is 18.0 Å². The predicted octanol–water partition coefficient (Wildman–Crippen LogP) is 3.53. The molecule has 0 radical (unpaired) electrons. The number of hydrogen-bond acceptors (Lipinski definition) is 4. The number of sulfonamides is 1. The molecule has 1 N–H and O–H groups in total. The molecule has 0 aliphatic rings. The first-order valence-corrected chi connectivity index (χ1v) is 13.5. The molecule has 2 amide bonds. The molecule has 2 aromatic carbocycles. The highest BCUT2D eigenvalue weighted by Gasteiger charge is 2.26. The van der Waals surface area contributed by atoms with E-state index in [2.05, 4.69) is 5.32 Å². The summed E-state index contributed by atoms with van der Waals surface area (Å²) in [4.78, 5) is 27.4. The fraction of sp³-hybridized carbons (Fsp3) is 0.462. The minimum Gasteiger partial charge on any atom is -0.352 e. The van der Waals surface area contributed by atoms with Crippen molar-refractivity contribution >= 4 is 27.5 Å². The quantitative estimate of drug-likeness (QED) is 0.496. The van der Waals surface area contributed by atoms with Crippen LogP contribution in [0, 0.1) is 6.92 Å². The summed E-state index contributed by atoms with van der Waals surface area (Å²) in [6.45, 7) is 7.99. The summed E-state index contributed by atoms with van der Waals surface area (Å²) >= 11 is 0. The van der Waals surface area contributed by atoms with Crippen LogP contribution in [0.3, 0.4) is 0 Å². The van der Waals surface area contributed by atoms with Gasteiger partial charge in [0.05, 0.1) is 11.9 Å². The van der Waals surface area contributed by atoms with Crippen molar-refractivity contribution in [2.45, 2.75) is 59.0 Å². The van der Waals surface area contributed by atoms with Crippen LogP contribution < -0.4 is 9.62 Å². The number of amides is 2. The van der Waals surface area contributed by atoms with Crippen LogP contribution in [0.25, 0.3) is 0 Å². The predicted molar refractivity (Wildman–Crippen MR) is 137 cm³/mol. The number of carbonyl (C=O) groups excluding carboxylic acids is 2. The second-order valence-corrected chi connectivity index (χ2v) is 10.8. The molecule has 34 heavy (non-hydrogen) atoms. The molecule has 7 nitrogen and oxygen atoms in total. The Balaban J connectivity index is 2.10.